The highest BCUT2D eigenvalue weighted by Gasteiger charge is 2.45. The standard InChI is InChI=1S/C24H28O11/c1-31-15-8-5-12(10-17(15)32-2)4-7-14(26)13-6-9-16(23(33-3)19(13)27)34-24-22(30)21(29)20(28)18(11-25)35-24/h4-10,18,20-22,24-25,27-30H,11H2,1-3H3/b7-4+/t18-,20+,21-,22-,24+/m0/s1. The van der Waals surface area contributed by atoms with Crippen LogP contribution in [-0.2, 0) is 4.74 Å². The number of carbonyl (C=O) groups is 1. The maximum absolute atomic E-state index is 12.7. The summed E-state index contributed by atoms with van der Waals surface area (Å²) in [6, 6.07) is 7.70. The molecule has 3 rings (SSSR count). The van der Waals surface area contributed by atoms with Gasteiger partial charge in [0.1, 0.15) is 24.4 Å². The quantitative estimate of drug-likeness (QED) is 0.244. The minimum absolute atomic E-state index is 0.0836. The van der Waals surface area contributed by atoms with Crippen LogP contribution in [0, 0.1) is 0 Å². The molecule has 5 atom stereocenters. The number of carbonyl (C=O) groups excluding carboxylic acids is 1. The van der Waals surface area contributed by atoms with Gasteiger partial charge in [-0.25, -0.2) is 0 Å². The molecule has 0 amide bonds. The Bertz CT molecular complexity index is 1070. The SMILES string of the molecule is COc1ccc(/C=C/C(=O)c2ccc(O[C@@H]3O[C@@H](CO)[C@@H](O)[C@H](O)[C@@H]3O)c(OC)c2O)cc1OC. The topological polar surface area (TPSA) is 164 Å². The number of methoxy groups -OCH3 is 3. The molecule has 0 unspecified atom stereocenters. The second-order valence-electron chi connectivity index (χ2n) is 7.62. The lowest BCUT2D eigenvalue weighted by atomic mass is 9.99. The van der Waals surface area contributed by atoms with E-state index in [1.54, 1.807) is 18.2 Å². The van der Waals surface area contributed by atoms with Gasteiger partial charge in [0.25, 0.3) is 0 Å². The normalized spacial score (nSPS) is 24.3. The highest BCUT2D eigenvalue weighted by atomic mass is 16.7. The van der Waals surface area contributed by atoms with Crippen LogP contribution in [0.5, 0.6) is 28.7 Å². The van der Waals surface area contributed by atoms with Crippen LogP contribution in [0.1, 0.15) is 15.9 Å². The highest BCUT2D eigenvalue weighted by Crippen LogP contribution is 2.41. The fourth-order valence-corrected chi connectivity index (χ4v) is 3.55. The number of phenolic OH excluding ortho intramolecular Hbond substituents is 1. The minimum Gasteiger partial charge on any atom is -0.504 e. The van der Waals surface area contributed by atoms with E-state index in [9.17, 15) is 30.3 Å². The van der Waals surface area contributed by atoms with Crippen molar-refractivity contribution in [1.82, 2.24) is 0 Å². The molecule has 2 aromatic carbocycles. The second-order valence-corrected chi connectivity index (χ2v) is 7.62. The van der Waals surface area contributed by atoms with Gasteiger partial charge in [0.2, 0.25) is 12.0 Å². The Balaban J connectivity index is 1.82. The van der Waals surface area contributed by atoms with Crippen molar-refractivity contribution in [3.8, 4) is 28.7 Å². The van der Waals surface area contributed by atoms with Crippen LogP contribution in [0.4, 0.5) is 0 Å². The zero-order valence-corrected chi connectivity index (χ0v) is 19.3. The maximum atomic E-state index is 12.7. The molecule has 1 fully saturated rings. The van der Waals surface area contributed by atoms with E-state index in [0.717, 1.165) is 0 Å². The van der Waals surface area contributed by atoms with Gasteiger partial charge in [-0.15, -0.1) is 0 Å². The van der Waals surface area contributed by atoms with Crippen LogP contribution in [0.25, 0.3) is 6.08 Å². The number of hydrogen-bond donors (Lipinski definition) is 5. The molecule has 0 aliphatic carbocycles. The van der Waals surface area contributed by atoms with Crippen LogP contribution in [0.3, 0.4) is 0 Å². The van der Waals surface area contributed by atoms with Gasteiger partial charge < -0.3 is 49.2 Å². The molecule has 11 nitrogen and oxygen atoms in total. The average molecular weight is 492 g/mol. The summed E-state index contributed by atoms with van der Waals surface area (Å²) in [7, 11) is 4.25. The summed E-state index contributed by atoms with van der Waals surface area (Å²) in [5.74, 6) is -0.344. The molecule has 1 aliphatic heterocycles. The molecular weight excluding hydrogens is 464 g/mol. The lowest BCUT2D eigenvalue weighted by Crippen LogP contribution is -2.60. The van der Waals surface area contributed by atoms with Crippen LogP contribution >= 0.6 is 0 Å². The second kappa shape index (κ2) is 11.4. The van der Waals surface area contributed by atoms with E-state index in [-0.39, 0.29) is 17.1 Å². The third-order valence-corrected chi connectivity index (χ3v) is 5.49. The smallest absolute Gasteiger partial charge is 0.229 e. The number of phenols is 1. The fraction of sp³-hybridized carbons (Fsp3) is 0.375. The predicted octanol–water partition coefficient (Wildman–Crippen LogP) is 0.493. The third kappa shape index (κ3) is 5.50. The summed E-state index contributed by atoms with van der Waals surface area (Å²) in [5, 5.41) is 50.0. The highest BCUT2D eigenvalue weighted by molar-refractivity contribution is 6.09. The Morgan fingerprint density at radius 1 is 0.943 bits per heavy atom. The van der Waals surface area contributed by atoms with Gasteiger partial charge in [-0.2, -0.15) is 0 Å². The molecule has 1 aliphatic rings. The van der Waals surface area contributed by atoms with Gasteiger partial charge >= 0.3 is 0 Å². The molecule has 0 saturated carbocycles. The number of benzene rings is 2. The van der Waals surface area contributed by atoms with Crippen LogP contribution in [-0.4, -0.2) is 90.0 Å². The van der Waals surface area contributed by atoms with Crippen molar-refractivity contribution < 1.29 is 54.0 Å². The van der Waals surface area contributed by atoms with E-state index in [1.807, 2.05) is 0 Å². The van der Waals surface area contributed by atoms with Crippen molar-refractivity contribution in [2.75, 3.05) is 27.9 Å². The van der Waals surface area contributed by atoms with E-state index >= 15 is 0 Å². The lowest BCUT2D eigenvalue weighted by molar-refractivity contribution is -0.277. The summed E-state index contributed by atoms with van der Waals surface area (Å²) >= 11 is 0. The molecule has 0 bridgehead atoms. The largest absolute Gasteiger partial charge is 0.504 e. The van der Waals surface area contributed by atoms with E-state index in [2.05, 4.69) is 0 Å². The van der Waals surface area contributed by atoms with Crippen LogP contribution in [0.2, 0.25) is 0 Å². The number of ether oxygens (including phenoxy) is 5. The first-order chi connectivity index (χ1) is 16.7. The summed E-state index contributed by atoms with van der Waals surface area (Å²) in [4.78, 5) is 12.7. The first-order valence-corrected chi connectivity index (χ1v) is 10.6. The van der Waals surface area contributed by atoms with Gasteiger partial charge in [-0.05, 0) is 35.9 Å². The fourth-order valence-electron chi connectivity index (χ4n) is 3.55. The first kappa shape index (κ1) is 26.3. The van der Waals surface area contributed by atoms with E-state index in [0.29, 0.717) is 17.1 Å². The number of allylic oxidation sites excluding steroid dienone is 1. The predicted molar refractivity (Wildman–Crippen MR) is 122 cm³/mol. The Morgan fingerprint density at radius 3 is 2.26 bits per heavy atom. The summed E-state index contributed by atoms with van der Waals surface area (Å²) in [6.45, 7) is -0.632. The molecular formula is C24H28O11. The van der Waals surface area contributed by atoms with E-state index in [1.165, 1.54) is 45.6 Å². The van der Waals surface area contributed by atoms with Gasteiger partial charge in [0.05, 0.1) is 33.5 Å². The van der Waals surface area contributed by atoms with Crippen molar-refractivity contribution in [3.63, 3.8) is 0 Å². The Labute approximate surface area is 201 Å². The molecule has 190 valence electrons. The van der Waals surface area contributed by atoms with Crippen LogP contribution < -0.4 is 18.9 Å². The van der Waals surface area contributed by atoms with Crippen molar-refractivity contribution >= 4 is 11.9 Å². The average Bonchev–Trinajstić information content (AvgIpc) is 2.87. The number of aliphatic hydroxyl groups is 4. The zero-order valence-electron chi connectivity index (χ0n) is 19.3. The summed E-state index contributed by atoms with van der Waals surface area (Å²) in [5.41, 5.74) is 0.574. The van der Waals surface area contributed by atoms with Crippen molar-refractivity contribution in [3.05, 3.63) is 47.5 Å². The molecule has 11 heteroatoms. The Kier molecular flexibility index (Phi) is 8.54. The van der Waals surface area contributed by atoms with Gasteiger partial charge in [-0.1, -0.05) is 12.1 Å². The molecule has 5 N–H and O–H groups in total. The summed E-state index contributed by atoms with van der Waals surface area (Å²) in [6.07, 6.45) is -4.74. The molecule has 35 heavy (non-hydrogen) atoms. The van der Waals surface area contributed by atoms with Crippen molar-refractivity contribution in [2.24, 2.45) is 0 Å². The van der Waals surface area contributed by atoms with Crippen LogP contribution in [0.15, 0.2) is 36.4 Å². The maximum Gasteiger partial charge on any atom is 0.229 e. The number of ketones is 1. The Hall–Kier alpha value is -3.35. The Morgan fingerprint density at radius 2 is 1.63 bits per heavy atom. The molecule has 0 radical (unpaired) electrons. The molecule has 2 aromatic rings. The lowest BCUT2D eigenvalue weighted by Gasteiger charge is -2.39. The van der Waals surface area contributed by atoms with Gasteiger partial charge in [0.15, 0.2) is 28.8 Å². The zero-order chi connectivity index (χ0) is 25.7. The summed E-state index contributed by atoms with van der Waals surface area (Å²) < 4.78 is 26.5. The number of aliphatic hydroxyl groups excluding tert-OH is 4. The number of rotatable bonds is 9. The minimum atomic E-state index is -1.66. The van der Waals surface area contributed by atoms with Crippen molar-refractivity contribution in [1.29, 1.82) is 0 Å². The van der Waals surface area contributed by atoms with Gasteiger partial charge in [0, 0.05) is 0 Å². The molecule has 1 heterocycles. The third-order valence-electron chi connectivity index (χ3n) is 5.49. The molecule has 0 spiro atoms. The monoisotopic (exact) mass is 492 g/mol. The van der Waals surface area contributed by atoms with E-state index < -0.39 is 48.8 Å². The van der Waals surface area contributed by atoms with Gasteiger partial charge in [-0.3, -0.25) is 4.79 Å². The number of hydrogen-bond acceptors (Lipinski definition) is 11. The first-order valence-electron chi connectivity index (χ1n) is 10.6. The molecule has 1 saturated heterocycles. The van der Waals surface area contributed by atoms with Crippen molar-refractivity contribution in [2.45, 2.75) is 30.7 Å². The molecule has 0 aromatic heterocycles. The van der Waals surface area contributed by atoms with E-state index in [4.69, 9.17) is 23.7 Å². The number of aromatic hydroxyl groups is 1.